The molecule has 0 bridgehead atoms. The lowest BCUT2D eigenvalue weighted by Crippen LogP contribution is -2.28. The molecule has 72 valence electrons. The number of carbonyl (C=O) groups excluding carboxylic acids is 1. The third kappa shape index (κ3) is 3.15. The summed E-state index contributed by atoms with van der Waals surface area (Å²) >= 11 is 0. The van der Waals surface area contributed by atoms with Gasteiger partial charge in [0.1, 0.15) is 6.54 Å². The van der Waals surface area contributed by atoms with Crippen LogP contribution in [0.3, 0.4) is 0 Å². The van der Waals surface area contributed by atoms with Crippen LogP contribution in [0.4, 0.5) is 10.5 Å². The van der Waals surface area contributed by atoms with Gasteiger partial charge in [-0.05, 0) is 19.1 Å². The first kappa shape index (κ1) is 10.1. The molecule has 0 heterocycles. The Morgan fingerprint density at radius 3 is 2.64 bits per heavy atom. The molecule has 14 heavy (non-hydrogen) atoms. The average Bonchev–Trinajstić information content (AvgIpc) is 2.18. The first-order valence-electron chi connectivity index (χ1n) is 4.21. The topological polar surface area (TPSA) is 64.9 Å². The molecule has 0 aliphatic rings. The highest BCUT2D eigenvalue weighted by Gasteiger charge is 1.98. The summed E-state index contributed by atoms with van der Waals surface area (Å²) in [5, 5.41) is 13.2. The lowest BCUT2D eigenvalue weighted by atomic mass is 10.2. The average molecular weight is 189 g/mol. The van der Waals surface area contributed by atoms with Gasteiger partial charge < -0.3 is 10.6 Å². The van der Waals surface area contributed by atoms with Gasteiger partial charge in [-0.25, -0.2) is 4.79 Å². The van der Waals surface area contributed by atoms with Gasteiger partial charge in [0, 0.05) is 5.69 Å². The first-order valence-corrected chi connectivity index (χ1v) is 4.21. The van der Waals surface area contributed by atoms with E-state index in [1.807, 2.05) is 25.1 Å². The van der Waals surface area contributed by atoms with E-state index in [1.165, 1.54) is 0 Å². The van der Waals surface area contributed by atoms with Gasteiger partial charge in [0.15, 0.2) is 0 Å². The zero-order valence-corrected chi connectivity index (χ0v) is 7.87. The molecule has 0 fully saturated rings. The highest BCUT2D eigenvalue weighted by molar-refractivity contribution is 5.89. The molecule has 1 aromatic carbocycles. The van der Waals surface area contributed by atoms with Gasteiger partial charge in [-0.15, -0.1) is 0 Å². The van der Waals surface area contributed by atoms with Crippen molar-refractivity contribution in [2.45, 2.75) is 6.92 Å². The van der Waals surface area contributed by atoms with E-state index in [-0.39, 0.29) is 12.6 Å². The molecule has 1 aromatic rings. The number of nitrogens with zero attached hydrogens (tertiary/aromatic N) is 1. The van der Waals surface area contributed by atoms with Gasteiger partial charge in [-0.2, -0.15) is 5.26 Å². The van der Waals surface area contributed by atoms with Crippen LogP contribution in [0.25, 0.3) is 0 Å². The van der Waals surface area contributed by atoms with E-state index in [9.17, 15) is 4.79 Å². The largest absolute Gasteiger partial charge is 0.325 e. The van der Waals surface area contributed by atoms with E-state index >= 15 is 0 Å². The van der Waals surface area contributed by atoms with Crippen LogP contribution in [0.1, 0.15) is 5.56 Å². The van der Waals surface area contributed by atoms with E-state index in [1.54, 1.807) is 12.1 Å². The summed E-state index contributed by atoms with van der Waals surface area (Å²) in [6.45, 7) is 1.98. The van der Waals surface area contributed by atoms with Crippen molar-refractivity contribution in [1.29, 1.82) is 5.26 Å². The molecule has 4 heteroatoms. The summed E-state index contributed by atoms with van der Waals surface area (Å²) in [4.78, 5) is 11.1. The maximum Gasteiger partial charge on any atom is 0.320 e. The minimum Gasteiger partial charge on any atom is -0.325 e. The van der Waals surface area contributed by atoms with E-state index in [2.05, 4.69) is 10.6 Å². The summed E-state index contributed by atoms with van der Waals surface area (Å²) < 4.78 is 0. The van der Waals surface area contributed by atoms with Crippen molar-refractivity contribution in [3.63, 3.8) is 0 Å². The van der Waals surface area contributed by atoms with Gasteiger partial charge >= 0.3 is 6.03 Å². The quantitative estimate of drug-likeness (QED) is 0.694. The molecule has 0 saturated carbocycles. The maximum atomic E-state index is 11.1. The summed E-state index contributed by atoms with van der Waals surface area (Å²) in [7, 11) is 0. The molecule has 0 saturated heterocycles. The number of hydrogen-bond acceptors (Lipinski definition) is 2. The number of hydrogen-bond donors (Lipinski definition) is 2. The van der Waals surface area contributed by atoms with Crippen molar-refractivity contribution < 1.29 is 4.79 Å². The van der Waals surface area contributed by atoms with Crippen molar-refractivity contribution in [1.82, 2.24) is 5.32 Å². The van der Waals surface area contributed by atoms with Crippen LogP contribution >= 0.6 is 0 Å². The monoisotopic (exact) mass is 189 g/mol. The minimum atomic E-state index is -0.365. The van der Waals surface area contributed by atoms with Crippen LogP contribution in [-0.4, -0.2) is 12.6 Å². The number of nitriles is 1. The van der Waals surface area contributed by atoms with Crippen molar-refractivity contribution in [2.75, 3.05) is 11.9 Å². The number of anilines is 1. The maximum absolute atomic E-state index is 11.1. The number of rotatable bonds is 2. The Labute approximate surface area is 82.5 Å². The van der Waals surface area contributed by atoms with Crippen molar-refractivity contribution in [3.8, 4) is 6.07 Å². The molecule has 0 unspecified atom stereocenters. The Morgan fingerprint density at radius 1 is 1.43 bits per heavy atom. The van der Waals surface area contributed by atoms with E-state index in [0.29, 0.717) is 5.69 Å². The smallest absolute Gasteiger partial charge is 0.320 e. The summed E-state index contributed by atoms with van der Waals surface area (Å²) in [6, 6.07) is 8.88. The van der Waals surface area contributed by atoms with Crippen molar-refractivity contribution >= 4 is 11.7 Å². The van der Waals surface area contributed by atoms with Gasteiger partial charge in [-0.3, -0.25) is 0 Å². The normalized spacial score (nSPS) is 8.86. The highest BCUT2D eigenvalue weighted by atomic mass is 16.2. The van der Waals surface area contributed by atoms with Crippen LogP contribution in [-0.2, 0) is 0 Å². The molecule has 2 N–H and O–H groups in total. The van der Waals surface area contributed by atoms with Crippen LogP contribution in [0.5, 0.6) is 0 Å². The second-order valence-corrected chi connectivity index (χ2v) is 2.83. The molecule has 4 nitrogen and oxygen atoms in total. The van der Waals surface area contributed by atoms with Crippen molar-refractivity contribution in [2.24, 2.45) is 0 Å². The van der Waals surface area contributed by atoms with E-state index in [0.717, 1.165) is 5.56 Å². The Bertz CT molecular complexity index is 351. The second-order valence-electron chi connectivity index (χ2n) is 2.83. The molecule has 0 aromatic heterocycles. The lowest BCUT2D eigenvalue weighted by Gasteiger charge is -2.04. The fourth-order valence-electron chi connectivity index (χ4n) is 0.932. The standard InChI is InChI=1S/C10H11N3O/c1-8-2-4-9(5-3-8)13-10(14)12-7-6-11/h2-5H,7H2,1H3,(H2,12,13,14). The van der Waals surface area contributed by atoms with Gasteiger partial charge in [0.05, 0.1) is 6.07 Å². The fourth-order valence-corrected chi connectivity index (χ4v) is 0.932. The van der Waals surface area contributed by atoms with Gasteiger partial charge in [0.2, 0.25) is 0 Å². The van der Waals surface area contributed by atoms with Crippen LogP contribution in [0, 0.1) is 18.3 Å². The highest BCUT2D eigenvalue weighted by Crippen LogP contribution is 2.07. The molecule has 0 radical (unpaired) electrons. The molecular weight excluding hydrogens is 178 g/mol. The van der Waals surface area contributed by atoms with Crippen LogP contribution in [0.2, 0.25) is 0 Å². The third-order valence-corrected chi connectivity index (χ3v) is 1.64. The summed E-state index contributed by atoms with van der Waals surface area (Å²) in [5.41, 5.74) is 1.85. The molecular formula is C10H11N3O. The fraction of sp³-hybridized carbons (Fsp3) is 0.200. The number of benzene rings is 1. The number of nitrogens with one attached hydrogen (secondary N) is 2. The lowest BCUT2D eigenvalue weighted by molar-refractivity contribution is 0.253. The zero-order valence-electron chi connectivity index (χ0n) is 7.87. The molecule has 0 aliphatic heterocycles. The molecule has 0 aliphatic carbocycles. The third-order valence-electron chi connectivity index (χ3n) is 1.64. The number of aryl methyl sites for hydroxylation is 1. The van der Waals surface area contributed by atoms with E-state index in [4.69, 9.17) is 5.26 Å². The molecule has 0 atom stereocenters. The molecule has 2 amide bonds. The SMILES string of the molecule is Cc1ccc(NC(=O)NCC#N)cc1. The summed E-state index contributed by atoms with van der Waals surface area (Å²) in [6.07, 6.45) is 0. The Balaban J connectivity index is 2.49. The van der Waals surface area contributed by atoms with Crippen molar-refractivity contribution in [3.05, 3.63) is 29.8 Å². The molecule has 0 spiro atoms. The van der Waals surface area contributed by atoms with Gasteiger partial charge in [0.25, 0.3) is 0 Å². The number of urea groups is 1. The van der Waals surface area contributed by atoms with Crippen LogP contribution < -0.4 is 10.6 Å². The minimum absolute atomic E-state index is 0.0116. The Morgan fingerprint density at radius 2 is 2.07 bits per heavy atom. The predicted molar refractivity (Wildman–Crippen MR) is 53.8 cm³/mol. The summed E-state index contributed by atoms with van der Waals surface area (Å²) in [5.74, 6) is 0. The first-order chi connectivity index (χ1) is 6.72. The van der Waals surface area contributed by atoms with E-state index < -0.39 is 0 Å². The predicted octanol–water partition coefficient (Wildman–Crippen LogP) is 1.64. The Kier molecular flexibility index (Phi) is 3.50. The number of amides is 2. The van der Waals surface area contributed by atoms with Gasteiger partial charge in [-0.1, -0.05) is 17.7 Å². The zero-order chi connectivity index (χ0) is 10.4. The second kappa shape index (κ2) is 4.87. The number of carbonyl (C=O) groups is 1. The molecule has 1 rings (SSSR count). The Hall–Kier alpha value is -2.02. The van der Waals surface area contributed by atoms with Crippen LogP contribution in [0.15, 0.2) is 24.3 Å².